The lowest BCUT2D eigenvalue weighted by atomic mass is 10.1. The van der Waals surface area contributed by atoms with Gasteiger partial charge in [-0.1, -0.05) is 43.7 Å². The van der Waals surface area contributed by atoms with Gasteiger partial charge < -0.3 is 9.47 Å². The van der Waals surface area contributed by atoms with Crippen LogP contribution < -0.4 is 4.90 Å². The van der Waals surface area contributed by atoms with E-state index in [2.05, 4.69) is 79.9 Å². The third-order valence-corrected chi connectivity index (χ3v) is 5.28. The summed E-state index contributed by atoms with van der Waals surface area (Å²) in [6.07, 6.45) is 3.97. The third-order valence-electron chi connectivity index (χ3n) is 5.28. The van der Waals surface area contributed by atoms with Crippen molar-refractivity contribution in [3.05, 3.63) is 65.1 Å². The van der Waals surface area contributed by atoms with Crippen LogP contribution in [0.2, 0.25) is 0 Å². The van der Waals surface area contributed by atoms with Crippen molar-refractivity contribution >= 4 is 5.82 Å². The van der Waals surface area contributed by atoms with Crippen molar-refractivity contribution in [1.82, 2.24) is 24.7 Å². The van der Waals surface area contributed by atoms with Crippen molar-refractivity contribution in [2.75, 3.05) is 11.4 Å². The molecule has 0 fully saturated rings. The van der Waals surface area contributed by atoms with E-state index in [0.717, 1.165) is 67.8 Å². The topological polar surface area (TPSA) is 59.7 Å². The second kappa shape index (κ2) is 8.09. The smallest absolute Gasteiger partial charge is 0.152 e. The first kappa shape index (κ1) is 18.6. The molecule has 0 radical (unpaired) electrons. The van der Waals surface area contributed by atoms with Crippen molar-refractivity contribution in [2.24, 2.45) is 0 Å². The largest absolute Gasteiger partial charge is 0.347 e. The highest BCUT2D eigenvalue weighted by atomic mass is 15.4. The monoisotopic (exact) mass is 376 g/mol. The van der Waals surface area contributed by atoms with E-state index in [9.17, 15) is 0 Å². The van der Waals surface area contributed by atoms with Gasteiger partial charge in [-0.15, -0.1) is 10.2 Å². The molecule has 0 unspecified atom stereocenters. The van der Waals surface area contributed by atoms with Gasteiger partial charge in [-0.25, -0.2) is 9.97 Å². The van der Waals surface area contributed by atoms with E-state index in [1.807, 2.05) is 6.92 Å². The van der Waals surface area contributed by atoms with E-state index in [1.165, 1.54) is 5.56 Å². The molecule has 6 nitrogen and oxygen atoms in total. The summed E-state index contributed by atoms with van der Waals surface area (Å²) >= 11 is 0. The Kier molecular flexibility index (Phi) is 5.37. The quantitative estimate of drug-likeness (QED) is 0.656. The van der Waals surface area contributed by atoms with Crippen molar-refractivity contribution in [3.63, 3.8) is 0 Å². The van der Waals surface area contributed by atoms with Gasteiger partial charge in [-0.3, -0.25) is 0 Å². The molecule has 1 atom stereocenters. The fourth-order valence-corrected chi connectivity index (χ4v) is 4.02. The molecule has 1 aromatic carbocycles. The lowest BCUT2D eigenvalue weighted by molar-refractivity contribution is 0.446. The summed E-state index contributed by atoms with van der Waals surface area (Å²) < 4.78 is 2.32. The summed E-state index contributed by atoms with van der Waals surface area (Å²) in [7, 11) is 0. The molecule has 3 aromatic rings. The van der Waals surface area contributed by atoms with Crippen molar-refractivity contribution in [2.45, 2.75) is 59.0 Å². The summed E-state index contributed by atoms with van der Waals surface area (Å²) in [5, 5.41) is 9.01. The number of benzene rings is 1. The summed E-state index contributed by atoms with van der Waals surface area (Å²) in [6, 6.07) is 13.0. The number of nitrogens with zero attached hydrogens (tertiary/aromatic N) is 6. The minimum atomic E-state index is 0.314. The number of hydrogen-bond donors (Lipinski definition) is 0. The zero-order chi connectivity index (χ0) is 19.5. The fraction of sp³-hybridized carbons (Fsp3) is 0.455. The van der Waals surface area contributed by atoms with Crippen LogP contribution in [-0.4, -0.2) is 31.3 Å². The number of anilines is 1. The lowest BCUT2D eigenvalue weighted by Crippen LogP contribution is -2.37. The van der Waals surface area contributed by atoms with Gasteiger partial charge in [0, 0.05) is 24.7 Å². The second-order valence-corrected chi connectivity index (χ2v) is 7.63. The minimum Gasteiger partial charge on any atom is -0.347 e. The Balaban J connectivity index is 1.53. The van der Waals surface area contributed by atoms with Crippen LogP contribution in [0.4, 0.5) is 5.82 Å². The Labute approximate surface area is 166 Å². The molecule has 0 amide bonds. The Morgan fingerprint density at radius 2 is 1.86 bits per heavy atom. The first-order valence-electron chi connectivity index (χ1n) is 10.2. The second-order valence-electron chi connectivity index (χ2n) is 7.63. The zero-order valence-electron chi connectivity index (χ0n) is 17.0. The van der Waals surface area contributed by atoms with Crippen LogP contribution in [-0.2, 0) is 25.8 Å². The first-order chi connectivity index (χ1) is 13.6. The molecular formula is C22H28N6. The van der Waals surface area contributed by atoms with E-state index in [1.54, 1.807) is 0 Å². The van der Waals surface area contributed by atoms with Gasteiger partial charge in [0.2, 0.25) is 0 Å². The van der Waals surface area contributed by atoms with Crippen LogP contribution in [0, 0.1) is 6.92 Å². The fourth-order valence-electron chi connectivity index (χ4n) is 4.02. The van der Waals surface area contributed by atoms with E-state index >= 15 is 0 Å². The van der Waals surface area contributed by atoms with Gasteiger partial charge in [0.05, 0.1) is 12.6 Å². The van der Waals surface area contributed by atoms with Gasteiger partial charge in [-0.2, -0.15) is 0 Å². The van der Waals surface area contributed by atoms with E-state index in [-0.39, 0.29) is 0 Å². The number of aromatic nitrogens is 5. The van der Waals surface area contributed by atoms with Crippen LogP contribution >= 0.6 is 0 Å². The predicted octanol–water partition coefficient (Wildman–Crippen LogP) is 3.70. The summed E-state index contributed by atoms with van der Waals surface area (Å²) in [5.41, 5.74) is 2.46. The highest BCUT2D eigenvalue weighted by Gasteiger charge is 2.27. The summed E-state index contributed by atoms with van der Waals surface area (Å²) in [6.45, 7) is 8.04. The molecule has 0 aliphatic carbocycles. The van der Waals surface area contributed by atoms with Crippen LogP contribution in [0.5, 0.6) is 0 Å². The molecule has 0 saturated carbocycles. The molecule has 28 heavy (non-hydrogen) atoms. The summed E-state index contributed by atoms with van der Waals surface area (Å²) in [4.78, 5) is 11.6. The highest BCUT2D eigenvalue weighted by Crippen LogP contribution is 2.26. The van der Waals surface area contributed by atoms with Gasteiger partial charge in [-0.05, 0) is 32.3 Å². The van der Waals surface area contributed by atoms with Gasteiger partial charge >= 0.3 is 0 Å². The predicted molar refractivity (Wildman–Crippen MR) is 110 cm³/mol. The van der Waals surface area contributed by atoms with E-state index in [4.69, 9.17) is 0 Å². The normalized spacial score (nSPS) is 16.2. The number of aryl methyl sites for hydroxylation is 4. The lowest BCUT2D eigenvalue weighted by Gasteiger charge is -2.33. The SMILES string of the molecule is CCCc1cc(N2Cc3nnc(CCc4ccccc4)n3[C@@H](C)C2)nc(C)n1. The van der Waals surface area contributed by atoms with Crippen LogP contribution in [0.3, 0.4) is 0 Å². The third kappa shape index (κ3) is 3.91. The van der Waals surface area contributed by atoms with E-state index < -0.39 is 0 Å². The average Bonchev–Trinajstić information content (AvgIpc) is 3.11. The maximum absolute atomic E-state index is 4.69. The Bertz CT molecular complexity index is 933. The molecule has 3 heterocycles. The molecule has 1 aliphatic heterocycles. The minimum absolute atomic E-state index is 0.314. The molecule has 0 bridgehead atoms. The van der Waals surface area contributed by atoms with Crippen LogP contribution in [0.1, 0.15) is 55.0 Å². The van der Waals surface area contributed by atoms with Gasteiger partial charge in [0.1, 0.15) is 17.5 Å². The number of hydrogen-bond acceptors (Lipinski definition) is 5. The maximum atomic E-state index is 4.69. The standard InChI is InChI=1S/C22H28N6/c1-4-8-19-13-21(24-17(3)23-19)27-14-16(2)28-20(25-26-22(28)15-27)12-11-18-9-6-5-7-10-18/h5-7,9-10,13,16H,4,8,11-12,14-15H2,1-3H3/t16-/m0/s1. The zero-order valence-corrected chi connectivity index (χ0v) is 17.0. The summed E-state index contributed by atoms with van der Waals surface area (Å²) in [5.74, 6) is 3.94. The van der Waals surface area contributed by atoms with E-state index in [0.29, 0.717) is 6.04 Å². The molecule has 4 rings (SSSR count). The molecule has 1 aliphatic rings. The Hall–Kier alpha value is -2.76. The average molecular weight is 377 g/mol. The highest BCUT2D eigenvalue weighted by molar-refractivity contribution is 5.41. The van der Waals surface area contributed by atoms with Crippen LogP contribution in [0.25, 0.3) is 0 Å². The van der Waals surface area contributed by atoms with Crippen molar-refractivity contribution < 1.29 is 0 Å². The molecule has 0 N–H and O–H groups in total. The molecule has 0 spiro atoms. The molecule has 6 heteroatoms. The number of rotatable bonds is 6. The van der Waals surface area contributed by atoms with Crippen molar-refractivity contribution in [3.8, 4) is 0 Å². The maximum Gasteiger partial charge on any atom is 0.152 e. The molecule has 2 aromatic heterocycles. The molecule has 0 saturated heterocycles. The Morgan fingerprint density at radius 3 is 2.64 bits per heavy atom. The van der Waals surface area contributed by atoms with Crippen LogP contribution in [0.15, 0.2) is 36.4 Å². The Morgan fingerprint density at radius 1 is 1.04 bits per heavy atom. The molecular weight excluding hydrogens is 348 g/mol. The van der Waals surface area contributed by atoms with Crippen molar-refractivity contribution in [1.29, 1.82) is 0 Å². The van der Waals surface area contributed by atoms with Gasteiger partial charge in [0.15, 0.2) is 5.82 Å². The number of fused-ring (bicyclic) bond motifs is 1. The van der Waals surface area contributed by atoms with Gasteiger partial charge in [0.25, 0.3) is 0 Å². The molecule has 146 valence electrons. The first-order valence-corrected chi connectivity index (χ1v) is 10.2.